The number of aromatic amines is 1. The van der Waals surface area contributed by atoms with Crippen LogP contribution in [0.2, 0.25) is 0 Å². The van der Waals surface area contributed by atoms with Crippen LogP contribution in [0.4, 0.5) is 10.1 Å². The predicted octanol–water partition coefficient (Wildman–Crippen LogP) is 5.29. The molecule has 0 unspecified atom stereocenters. The Kier molecular flexibility index (Phi) is 6.69. The van der Waals surface area contributed by atoms with Gasteiger partial charge in [0.2, 0.25) is 0 Å². The monoisotopic (exact) mass is 502 g/mol. The Morgan fingerprint density at radius 2 is 1.81 bits per heavy atom. The molecule has 2 saturated heterocycles. The third-order valence-corrected chi connectivity index (χ3v) is 8.01. The van der Waals surface area contributed by atoms with Gasteiger partial charge in [0.05, 0.1) is 31.1 Å². The number of aryl methyl sites for hydroxylation is 1. The number of nitrogens with one attached hydrogen (secondary N) is 1. The molecule has 0 spiro atoms. The summed E-state index contributed by atoms with van der Waals surface area (Å²) in [6, 6.07) is 6.33. The van der Waals surface area contributed by atoms with Crippen LogP contribution in [0, 0.1) is 5.82 Å². The van der Waals surface area contributed by atoms with E-state index in [0.29, 0.717) is 24.9 Å². The van der Waals surface area contributed by atoms with Gasteiger partial charge < -0.3 is 19.5 Å². The molecule has 5 heterocycles. The number of hydrogen-bond acceptors (Lipinski definition) is 5. The lowest BCUT2D eigenvalue weighted by atomic mass is 9.99. The van der Waals surface area contributed by atoms with Gasteiger partial charge in [0.25, 0.3) is 0 Å². The minimum absolute atomic E-state index is 0.180. The van der Waals surface area contributed by atoms with E-state index in [1.54, 1.807) is 6.07 Å². The van der Waals surface area contributed by atoms with Crippen LogP contribution in [-0.2, 0) is 11.2 Å². The summed E-state index contributed by atoms with van der Waals surface area (Å²) in [7, 11) is 0. The maximum atomic E-state index is 15.5. The summed E-state index contributed by atoms with van der Waals surface area (Å²) in [4.78, 5) is 12.6. The summed E-state index contributed by atoms with van der Waals surface area (Å²) in [6.07, 6.45) is 11.0. The minimum Gasteiger partial charge on any atom is -0.378 e. The number of H-pyrrole nitrogens is 1. The van der Waals surface area contributed by atoms with E-state index in [9.17, 15) is 0 Å². The van der Waals surface area contributed by atoms with Crippen molar-refractivity contribution < 1.29 is 9.13 Å². The first-order chi connectivity index (χ1) is 18.1. The molecule has 2 aliphatic rings. The lowest BCUT2D eigenvalue weighted by Crippen LogP contribution is -2.37. The molecule has 0 saturated carbocycles. The smallest absolute Gasteiger partial charge is 0.147 e. The molecule has 4 aromatic rings. The SMILES string of the molecule is CCc1cc(-c2cnc3[nH]cc(-c4cnn(C5CCN(CC)CC5)c4)c3c2)cc(F)c1N1CCOCC1. The van der Waals surface area contributed by atoms with E-state index in [4.69, 9.17) is 9.84 Å². The largest absolute Gasteiger partial charge is 0.378 e. The van der Waals surface area contributed by atoms with Gasteiger partial charge in [-0.1, -0.05) is 13.8 Å². The van der Waals surface area contributed by atoms with Gasteiger partial charge in [0.15, 0.2) is 0 Å². The fraction of sp³-hybridized carbons (Fsp3) is 0.448. The van der Waals surface area contributed by atoms with Crippen LogP contribution in [0.15, 0.2) is 43.0 Å². The number of morpholine rings is 1. The number of benzene rings is 1. The zero-order valence-electron chi connectivity index (χ0n) is 21.7. The van der Waals surface area contributed by atoms with Crippen LogP contribution in [0.1, 0.15) is 38.3 Å². The highest BCUT2D eigenvalue weighted by atomic mass is 19.1. The number of ether oxygens (including phenoxy) is 1. The normalized spacial score (nSPS) is 17.6. The van der Waals surface area contributed by atoms with E-state index in [1.807, 2.05) is 18.6 Å². The molecular formula is C29H35FN6O. The van der Waals surface area contributed by atoms with Gasteiger partial charge in [-0.25, -0.2) is 9.37 Å². The Bertz CT molecular complexity index is 1380. The number of halogens is 1. The summed E-state index contributed by atoms with van der Waals surface area (Å²) in [5.41, 5.74) is 6.46. The van der Waals surface area contributed by atoms with Crippen LogP contribution >= 0.6 is 0 Å². The number of aromatic nitrogens is 4. The van der Waals surface area contributed by atoms with Crippen molar-refractivity contribution in [1.29, 1.82) is 0 Å². The molecule has 0 aliphatic carbocycles. The molecular weight excluding hydrogens is 467 g/mol. The van der Waals surface area contributed by atoms with Crippen molar-refractivity contribution in [1.82, 2.24) is 24.6 Å². The maximum absolute atomic E-state index is 15.5. The predicted molar refractivity (Wildman–Crippen MR) is 146 cm³/mol. The van der Waals surface area contributed by atoms with E-state index in [0.717, 1.165) is 90.8 Å². The summed E-state index contributed by atoms with van der Waals surface area (Å²) < 4.78 is 23.1. The molecule has 0 atom stereocenters. The first kappa shape index (κ1) is 24.1. The lowest BCUT2D eigenvalue weighted by Gasteiger charge is -2.31. The van der Waals surface area contributed by atoms with Crippen LogP contribution in [0.25, 0.3) is 33.3 Å². The number of fused-ring (bicyclic) bond motifs is 1. The fourth-order valence-electron chi connectivity index (χ4n) is 5.81. The lowest BCUT2D eigenvalue weighted by molar-refractivity contribution is 0.122. The molecule has 3 aromatic heterocycles. The second-order valence-corrected chi connectivity index (χ2v) is 10.1. The van der Waals surface area contributed by atoms with E-state index >= 15 is 4.39 Å². The van der Waals surface area contributed by atoms with Crippen molar-refractivity contribution in [2.24, 2.45) is 0 Å². The molecule has 1 N–H and O–H groups in total. The van der Waals surface area contributed by atoms with Crippen molar-refractivity contribution in [3.05, 3.63) is 54.4 Å². The Morgan fingerprint density at radius 1 is 1.00 bits per heavy atom. The highest BCUT2D eigenvalue weighted by Gasteiger charge is 2.22. The van der Waals surface area contributed by atoms with Crippen LogP contribution in [0.3, 0.4) is 0 Å². The number of hydrogen-bond donors (Lipinski definition) is 1. The number of nitrogens with zero attached hydrogens (tertiary/aromatic N) is 5. The van der Waals surface area contributed by atoms with Gasteiger partial charge in [-0.05, 0) is 55.1 Å². The number of rotatable bonds is 6. The van der Waals surface area contributed by atoms with Gasteiger partial charge in [-0.2, -0.15) is 5.10 Å². The van der Waals surface area contributed by atoms with Crippen molar-refractivity contribution >= 4 is 16.7 Å². The third kappa shape index (κ3) is 4.64. The average molecular weight is 503 g/mol. The Morgan fingerprint density at radius 3 is 2.57 bits per heavy atom. The van der Waals surface area contributed by atoms with Crippen molar-refractivity contribution in [3.63, 3.8) is 0 Å². The Hall–Kier alpha value is -3.23. The number of anilines is 1. The molecule has 0 amide bonds. The molecule has 0 bridgehead atoms. The van der Waals surface area contributed by atoms with E-state index in [2.05, 4.69) is 56.6 Å². The fourth-order valence-corrected chi connectivity index (χ4v) is 5.81. The van der Waals surface area contributed by atoms with Gasteiger partial charge in [-0.15, -0.1) is 0 Å². The van der Waals surface area contributed by atoms with Crippen molar-refractivity contribution in [2.75, 3.05) is 50.8 Å². The number of pyridine rings is 1. The van der Waals surface area contributed by atoms with Gasteiger partial charge in [-0.3, -0.25) is 4.68 Å². The van der Waals surface area contributed by atoms with E-state index < -0.39 is 0 Å². The minimum atomic E-state index is -0.180. The topological polar surface area (TPSA) is 62.2 Å². The highest BCUT2D eigenvalue weighted by Crippen LogP contribution is 2.35. The zero-order chi connectivity index (χ0) is 25.4. The quantitative estimate of drug-likeness (QED) is 0.388. The summed E-state index contributed by atoms with van der Waals surface area (Å²) >= 11 is 0. The average Bonchev–Trinajstić information content (AvgIpc) is 3.60. The van der Waals surface area contributed by atoms with E-state index in [-0.39, 0.29) is 5.82 Å². The second kappa shape index (κ2) is 10.3. The third-order valence-electron chi connectivity index (χ3n) is 8.01. The molecule has 6 rings (SSSR count). The number of piperidine rings is 1. The first-order valence-electron chi connectivity index (χ1n) is 13.5. The van der Waals surface area contributed by atoms with Gasteiger partial charge in [0.1, 0.15) is 11.5 Å². The second-order valence-electron chi connectivity index (χ2n) is 10.1. The highest BCUT2D eigenvalue weighted by molar-refractivity contribution is 5.95. The molecule has 1 aromatic carbocycles. The standard InChI is InChI=1S/C29H35FN6O/c1-3-20-13-21(15-27(30)28(20)35-9-11-37-12-10-35)22-14-25-26(18-32-29(25)31-16-22)23-17-33-36(19-23)24-5-7-34(4-2)8-6-24/h13-19,24H,3-12H2,1-2H3,(H,31,32). The van der Waals surface area contributed by atoms with Crippen LogP contribution < -0.4 is 4.90 Å². The molecule has 37 heavy (non-hydrogen) atoms. The summed E-state index contributed by atoms with van der Waals surface area (Å²) in [5, 5.41) is 5.74. The zero-order valence-corrected chi connectivity index (χ0v) is 21.7. The summed E-state index contributed by atoms with van der Waals surface area (Å²) in [6.45, 7) is 10.4. The van der Waals surface area contributed by atoms with Gasteiger partial charge >= 0.3 is 0 Å². The van der Waals surface area contributed by atoms with E-state index in [1.165, 1.54) is 0 Å². The number of likely N-dealkylation sites (tertiary alicyclic amines) is 1. The van der Waals surface area contributed by atoms with Gasteiger partial charge in [0, 0.05) is 66.8 Å². The van der Waals surface area contributed by atoms with Crippen molar-refractivity contribution in [3.8, 4) is 22.3 Å². The summed E-state index contributed by atoms with van der Waals surface area (Å²) in [5.74, 6) is -0.180. The molecule has 0 radical (unpaired) electrons. The van der Waals surface area contributed by atoms with Crippen LogP contribution in [0.5, 0.6) is 0 Å². The Balaban J connectivity index is 1.31. The molecule has 194 valence electrons. The maximum Gasteiger partial charge on any atom is 0.147 e. The van der Waals surface area contributed by atoms with Crippen LogP contribution in [-0.4, -0.2) is 70.6 Å². The molecule has 2 aliphatic heterocycles. The van der Waals surface area contributed by atoms with Crippen molar-refractivity contribution in [2.45, 2.75) is 39.2 Å². The molecule has 8 heteroatoms. The molecule has 2 fully saturated rings. The molecule has 7 nitrogen and oxygen atoms in total. The first-order valence-corrected chi connectivity index (χ1v) is 13.5. The Labute approximate surface area is 217 Å².